The number of nitrogen functional groups attached to an aromatic ring is 1. The molecule has 0 saturated heterocycles. The number of halogens is 1. The molecule has 1 amide bonds. The van der Waals surface area contributed by atoms with Gasteiger partial charge in [0.1, 0.15) is 11.6 Å². The fourth-order valence-electron chi connectivity index (χ4n) is 3.66. The number of fused-ring (bicyclic) bond motifs is 1. The van der Waals surface area contributed by atoms with Crippen LogP contribution in [0.15, 0.2) is 84.9 Å². The standard InChI is InChI=1S/C27H22ClN7O/c1-16-14-25(35-27(29)30-16)32-21-8-10-22(11-9-21)33-26(36)17-2-6-20(7-3-17)31-24-13-4-18-15-19(28)5-12-23(18)34-24/h2-15H,1H3,(H,31,34)(H,33,36)(H3,29,30,32,35). The molecule has 2 heterocycles. The molecule has 5 aromatic rings. The first kappa shape index (κ1) is 23.1. The molecule has 0 radical (unpaired) electrons. The molecule has 3 aromatic carbocycles. The van der Waals surface area contributed by atoms with Crippen LogP contribution in [0.3, 0.4) is 0 Å². The minimum Gasteiger partial charge on any atom is -0.368 e. The van der Waals surface area contributed by atoms with Crippen molar-refractivity contribution in [2.45, 2.75) is 6.92 Å². The molecule has 0 fully saturated rings. The lowest BCUT2D eigenvalue weighted by molar-refractivity contribution is 0.102. The normalized spacial score (nSPS) is 10.7. The SMILES string of the molecule is Cc1cc(Nc2ccc(NC(=O)c3ccc(Nc4ccc5cc(Cl)ccc5n4)cc3)cc2)nc(N)n1. The number of rotatable bonds is 6. The van der Waals surface area contributed by atoms with E-state index in [1.807, 2.05) is 73.7 Å². The Hall–Kier alpha value is -4.69. The lowest BCUT2D eigenvalue weighted by atomic mass is 10.2. The molecule has 0 unspecified atom stereocenters. The Morgan fingerprint density at radius 3 is 2.14 bits per heavy atom. The summed E-state index contributed by atoms with van der Waals surface area (Å²) in [6, 6.07) is 25.7. The van der Waals surface area contributed by atoms with E-state index in [2.05, 4.69) is 30.9 Å². The van der Waals surface area contributed by atoms with E-state index in [9.17, 15) is 4.79 Å². The summed E-state index contributed by atoms with van der Waals surface area (Å²) in [7, 11) is 0. The van der Waals surface area contributed by atoms with Crippen LogP contribution in [0.2, 0.25) is 5.02 Å². The summed E-state index contributed by atoms with van der Waals surface area (Å²) in [6.45, 7) is 1.85. The minimum absolute atomic E-state index is 0.206. The number of nitrogens with zero attached hydrogens (tertiary/aromatic N) is 3. The van der Waals surface area contributed by atoms with Gasteiger partial charge >= 0.3 is 0 Å². The summed E-state index contributed by atoms with van der Waals surface area (Å²) in [5.74, 6) is 1.31. The van der Waals surface area contributed by atoms with E-state index < -0.39 is 0 Å². The number of amides is 1. The summed E-state index contributed by atoms with van der Waals surface area (Å²) in [6.07, 6.45) is 0. The highest BCUT2D eigenvalue weighted by Gasteiger charge is 2.08. The van der Waals surface area contributed by atoms with Crippen LogP contribution in [-0.4, -0.2) is 20.9 Å². The smallest absolute Gasteiger partial charge is 0.255 e. The Morgan fingerprint density at radius 2 is 1.42 bits per heavy atom. The van der Waals surface area contributed by atoms with E-state index in [-0.39, 0.29) is 11.9 Å². The van der Waals surface area contributed by atoms with Crippen LogP contribution in [0.25, 0.3) is 10.9 Å². The molecule has 36 heavy (non-hydrogen) atoms. The van der Waals surface area contributed by atoms with Crippen molar-refractivity contribution in [3.8, 4) is 0 Å². The molecule has 0 aliphatic heterocycles. The van der Waals surface area contributed by atoms with Gasteiger partial charge in [-0.05, 0) is 85.8 Å². The fraction of sp³-hybridized carbons (Fsp3) is 0.0370. The van der Waals surface area contributed by atoms with Crippen molar-refractivity contribution in [1.82, 2.24) is 15.0 Å². The largest absolute Gasteiger partial charge is 0.368 e. The Balaban J connectivity index is 1.21. The molecule has 5 N–H and O–H groups in total. The molecule has 0 spiro atoms. The van der Waals surface area contributed by atoms with Crippen molar-refractivity contribution in [2.75, 3.05) is 21.7 Å². The maximum absolute atomic E-state index is 12.7. The monoisotopic (exact) mass is 495 g/mol. The van der Waals surface area contributed by atoms with Crippen molar-refractivity contribution in [3.05, 3.63) is 101 Å². The van der Waals surface area contributed by atoms with Crippen molar-refractivity contribution in [1.29, 1.82) is 0 Å². The number of nitrogens with two attached hydrogens (primary N) is 1. The summed E-state index contributed by atoms with van der Waals surface area (Å²) in [5, 5.41) is 11.0. The van der Waals surface area contributed by atoms with E-state index in [4.69, 9.17) is 17.3 Å². The zero-order chi connectivity index (χ0) is 25.1. The molecule has 0 aliphatic carbocycles. The van der Waals surface area contributed by atoms with Gasteiger partial charge < -0.3 is 21.7 Å². The second-order valence-electron chi connectivity index (χ2n) is 8.15. The number of aromatic nitrogens is 3. The lowest BCUT2D eigenvalue weighted by Crippen LogP contribution is -2.11. The molecule has 2 aromatic heterocycles. The second-order valence-corrected chi connectivity index (χ2v) is 8.58. The third-order valence-corrected chi connectivity index (χ3v) is 5.59. The van der Waals surface area contributed by atoms with Crippen LogP contribution in [0.5, 0.6) is 0 Å². The average molecular weight is 496 g/mol. The number of carbonyl (C=O) groups is 1. The van der Waals surface area contributed by atoms with Crippen molar-refractivity contribution < 1.29 is 4.79 Å². The number of aryl methyl sites for hydroxylation is 1. The quantitative estimate of drug-likeness (QED) is 0.218. The Labute approximate surface area is 212 Å². The van der Waals surface area contributed by atoms with Crippen molar-refractivity contribution >= 4 is 63.1 Å². The topological polar surface area (TPSA) is 118 Å². The molecule has 0 aliphatic rings. The minimum atomic E-state index is -0.206. The van der Waals surface area contributed by atoms with Gasteiger partial charge in [0, 0.05) is 44.8 Å². The Kier molecular flexibility index (Phi) is 6.34. The van der Waals surface area contributed by atoms with Crippen LogP contribution in [0.1, 0.15) is 16.1 Å². The molecule has 0 atom stereocenters. The van der Waals surface area contributed by atoms with E-state index in [1.165, 1.54) is 0 Å². The van der Waals surface area contributed by atoms with E-state index in [1.54, 1.807) is 18.2 Å². The first-order valence-electron chi connectivity index (χ1n) is 11.1. The van der Waals surface area contributed by atoms with Crippen LogP contribution in [0, 0.1) is 6.92 Å². The van der Waals surface area contributed by atoms with E-state index in [0.29, 0.717) is 27.9 Å². The predicted octanol–water partition coefficient (Wildman–Crippen LogP) is 6.31. The van der Waals surface area contributed by atoms with Crippen LogP contribution in [-0.2, 0) is 0 Å². The van der Waals surface area contributed by atoms with Crippen LogP contribution >= 0.6 is 11.6 Å². The van der Waals surface area contributed by atoms with Gasteiger partial charge in [0.05, 0.1) is 5.52 Å². The first-order valence-corrected chi connectivity index (χ1v) is 11.5. The maximum Gasteiger partial charge on any atom is 0.255 e. The Morgan fingerprint density at radius 1 is 0.750 bits per heavy atom. The van der Waals surface area contributed by atoms with Gasteiger partial charge in [0.2, 0.25) is 5.95 Å². The predicted molar refractivity (Wildman–Crippen MR) is 145 cm³/mol. The zero-order valence-corrected chi connectivity index (χ0v) is 20.0. The van der Waals surface area contributed by atoms with Crippen LogP contribution < -0.4 is 21.7 Å². The molecule has 0 saturated carbocycles. The van der Waals surface area contributed by atoms with Gasteiger partial charge in [-0.2, -0.15) is 4.98 Å². The van der Waals surface area contributed by atoms with Crippen molar-refractivity contribution in [3.63, 3.8) is 0 Å². The fourth-order valence-corrected chi connectivity index (χ4v) is 3.84. The van der Waals surface area contributed by atoms with Crippen LogP contribution in [0.4, 0.5) is 34.6 Å². The summed E-state index contributed by atoms with van der Waals surface area (Å²) in [4.78, 5) is 25.5. The lowest BCUT2D eigenvalue weighted by Gasteiger charge is -2.10. The third-order valence-electron chi connectivity index (χ3n) is 5.36. The number of hydrogen-bond acceptors (Lipinski definition) is 7. The first-order chi connectivity index (χ1) is 17.4. The number of pyridine rings is 1. The summed E-state index contributed by atoms with van der Waals surface area (Å²) < 4.78 is 0. The molecule has 0 bridgehead atoms. The molecular formula is C27H22ClN7O. The molecular weight excluding hydrogens is 474 g/mol. The Bertz CT molecular complexity index is 1530. The van der Waals surface area contributed by atoms with Gasteiger partial charge in [-0.15, -0.1) is 0 Å². The van der Waals surface area contributed by atoms with E-state index in [0.717, 1.165) is 28.0 Å². The average Bonchev–Trinajstić information content (AvgIpc) is 2.85. The number of anilines is 6. The molecule has 9 heteroatoms. The highest BCUT2D eigenvalue weighted by Crippen LogP contribution is 2.23. The number of benzene rings is 3. The maximum atomic E-state index is 12.7. The van der Waals surface area contributed by atoms with Gasteiger partial charge in [0.25, 0.3) is 5.91 Å². The van der Waals surface area contributed by atoms with Gasteiger partial charge in [-0.3, -0.25) is 4.79 Å². The molecule has 8 nitrogen and oxygen atoms in total. The molecule has 5 rings (SSSR count). The summed E-state index contributed by atoms with van der Waals surface area (Å²) >= 11 is 6.04. The zero-order valence-electron chi connectivity index (χ0n) is 19.3. The highest BCUT2D eigenvalue weighted by atomic mass is 35.5. The van der Waals surface area contributed by atoms with Gasteiger partial charge in [-0.25, -0.2) is 9.97 Å². The number of hydrogen-bond donors (Lipinski definition) is 4. The third kappa shape index (κ3) is 5.51. The molecule has 178 valence electrons. The summed E-state index contributed by atoms with van der Waals surface area (Å²) in [5.41, 5.74) is 10.2. The van der Waals surface area contributed by atoms with E-state index >= 15 is 0 Å². The second kappa shape index (κ2) is 9.89. The highest BCUT2D eigenvalue weighted by molar-refractivity contribution is 6.31. The van der Waals surface area contributed by atoms with Gasteiger partial charge in [-0.1, -0.05) is 11.6 Å². The number of nitrogens with one attached hydrogen (secondary N) is 3. The number of carbonyl (C=O) groups excluding carboxylic acids is 1. The van der Waals surface area contributed by atoms with Gasteiger partial charge in [0.15, 0.2) is 0 Å². The van der Waals surface area contributed by atoms with Crippen molar-refractivity contribution in [2.24, 2.45) is 0 Å².